The van der Waals surface area contributed by atoms with E-state index in [1.54, 1.807) is 7.11 Å². The van der Waals surface area contributed by atoms with Crippen LogP contribution in [0.15, 0.2) is 83.3 Å². The minimum Gasteiger partial charge on any atom is -0.496 e. The number of nitrogens with zero attached hydrogens (tertiary/aromatic N) is 1. The SMILES string of the molecule is COc1cccc2c1CCCC2NC(CCCO)c1nc(-c2ccccc2)c(-c2ccccc2)o1. The molecule has 0 bridgehead atoms. The summed E-state index contributed by atoms with van der Waals surface area (Å²) < 4.78 is 12.1. The van der Waals surface area contributed by atoms with Crippen molar-refractivity contribution in [3.63, 3.8) is 0 Å². The second-order valence-electron chi connectivity index (χ2n) is 9.02. The average Bonchev–Trinajstić information content (AvgIpc) is 3.37. The van der Waals surface area contributed by atoms with E-state index in [4.69, 9.17) is 14.1 Å². The van der Waals surface area contributed by atoms with Crippen LogP contribution >= 0.6 is 0 Å². The van der Waals surface area contributed by atoms with Gasteiger partial charge in [0.1, 0.15) is 11.4 Å². The van der Waals surface area contributed by atoms with Crippen LogP contribution in [0, 0.1) is 0 Å². The summed E-state index contributed by atoms with van der Waals surface area (Å²) in [6, 6.07) is 26.7. The largest absolute Gasteiger partial charge is 0.496 e. The number of hydrogen-bond donors (Lipinski definition) is 2. The number of rotatable bonds is 9. The molecule has 0 radical (unpaired) electrons. The molecular formula is C30H32N2O3. The van der Waals surface area contributed by atoms with Gasteiger partial charge in [-0.1, -0.05) is 72.8 Å². The molecule has 2 atom stereocenters. The zero-order chi connectivity index (χ0) is 24.0. The Morgan fingerprint density at radius 2 is 1.74 bits per heavy atom. The van der Waals surface area contributed by atoms with Gasteiger partial charge < -0.3 is 14.3 Å². The third kappa shape index (κ3) is 5.02. The molecule has 5 nitrogen and oxygen atoms in total. The summed E-state index contributed by atoms with van der Waals surface area (Å²) in [5.74, 6) is 2.38. The Balaban J connectivity index is 1.53. The van der Waals surface area contributed by atoms with Crippen LogP contribution in [0.2, 0.25) is 0 Å². The molecule has 180 valence electrons. The van der Waals surface area contributed by atoms with Crippen molar-refractivity contribution in [1.82, 2.24) is 10.3 Å². The minimum atomic E-state index is -0.121. The number of fused-ring (bicyclic) bond motifs is 1. The summed E-state index contributed by atoms with van der Waals surface area (Å²) in [6.45, 7) is 0.130. The summed E-state index contributed by atoms with van der Waals surface area (Å²) in [4.78, 5) is 5.03. The molecule has 0 saturated heterocycles. The van der Waals surface area contributed by atoms with E-state index in [1.807, 2.05) is 42.5 Å². The fourth-order valence-electron chi connectivity index (χ4n) is 5.06. The Kier molecular flexibility index (Phi) is 7.26. The van der Waals surface area contributed by atoms with E-state index < -0.39 is 0 Å². The van der Waals surface area contributed by atoms with Crippen LogP contribution in [0.1, 0.15) is 54.8 Å². The number of aromatic nitrogens is 1. The maximum absolute atomic E-state index is 9.61. The highest BCUT2D eigenvalue weighted by Crippen LogP contribution is 2.39. The first kappa shape index (κ1) is 23.3. The van der Waals surface area contributed by atoms with Crippen LogP contribution in [-0.2, 0) is 6.42 Å². The van der Waals surface area contributed by atoms with Gasteiger partial charge in [-0.15, -0.1) is 0 Å². The Labute approximate surface area is 206 Å². The highest BCUT2D eigenvalue weighted by atomic mass is 16.5. The van der Waals surface area contributed by atoms with Crippen molar-refractivity contribution in [1.29, 1.82) is 0 Å². The zero-order valence-corrected chi connectivity index (χ0v) is 20.1. The van der Waals surface area contributed by atoms with Gasteiger partial charge in [0.25, 0.3) is 0 Å². The Bertz CT molecular complexity index is 1180. The lowest BCUT2D eigenvalue weighted by Gasteiger charge is -2.30. The van der Waals surface area contributed by atoms with Gasteiger partial charge in [-0.3, -0.25) is 5.32 Å². The van der Waals surface area contributed by atoms with Crippen LogP contribution < -0.4 is 10.1 Å². The van der Waals surface area contributed by atoms with E-state index >= 15 is 0 Å². The Morgan fingerprint density at radius 3 is 2.46 bits per heavy atom. The molecule has 1 heterocycles. The van der Waals surface area contributed by atoms with Gasteiger partial charge in [-0.25, -0.2) is 4.98 Å². The van der Waals surface area contributed by atoms with Gasteiger partial charge in [0, 0.05) is 23.8 Å². The lowest BCUT2D eigenvalue weighted by atomic mass is 9.86. The number of methoxy groups -OCH3 is 1. The van der Waals surface area contributed by atoms with Crippen molar-refractivity contribution in [3.05, 3.63) is 95.9 Å². The second-order valence-corrected chi connectivity index (χ2v) is 9.02. The number of hydrogen-bond acceptors (Lipinski definition) is 5. The van der Waals surface area contributed by atoms with Gasteiger partial charge in [0.05, 0.1) is 13.2 Å². The predicted octanol–water partition coefficient (Wildman–Crippen LogP) is 6.50. The van der Waals surface area contributed by atoms with Crippen molar-refractivity contribution in [2.75, 3.05) is 13.7 Å². The molecule has 1 aliphatic carbocycles. The van der Waals surface area contributed by atoms with Gasteiger partial charge in [-0.2, -0.15) is 0 Å². The highest BCUT2D eigenvalue weighted by molar-refractivity contribution is 5.76. The normalized spacial score (nSPS) is 16.0. The third-order valence-corrected chi connectivity index (χ3v) is 6.76. The van der Waals surface area contributed by atoms with Crippen LogP contribution in [0.3, 0.4) is 0 Å². The van der Waals surface area contributed by atoms with Crippen molar-refractivity contribution in [2.45, 2.75) is 44.2 Å². The second kappa shape index (κ2) is 10.9. The first-order chi connectivity index (χ1) is 17.3. The van der Waals surface area contributed by atoms with Crippen molar-refractivity contribution < 1.29 is 14.3 Å². The first-order valence-corrected chi connectivity index (χ1v) is 12.4. The molecule has 2 N–H and O–H groups in total. The summed E-state index contributed by atoms with van der Waals surface area (Å²) in [5, 5.41) is 13.4. The Hall–Kier alpha value is -3.41. The lowest BCUT2D eigenvalue weighted by Crippen LogP contribution is -2.30. The van der Waals surface area contributed by atoms with Crippen LogP contribution in [-0.4, -0.2) is 23.8 Å². The Morgan fingerprint density at radius 1 is 1.00 bits per heavy atom. The van der Waals surface area contributed by atoms with Crippen molar-refractivity contribution in [3.8, 4) is 28.3 Å². The number of ether oxygens (including phenoxy) is 1. The van der Waals surface area contributed by atoms with Gasteiger partial charge >= 0.3 is 0 Å². The van der Waals surface area contributed by atoms with E-state index in [-0.39, 0.29) is 18.7 Å². The molecule has 0 saturated carbocycles. The van der Waals surface area contributed by atoms with Gasteiger partial charge in [0.2, 0.25) is 5.89 Å². The first-order valence-electron chi connectivity index (χ1n) is 12.4. The average molecular weight is 469 g/mol. The van der Waals surface area contributed by atoms with Crippen molar-refractivity contribution >= 4 is 0 Å². The van der Waals surface area contributed by atoms with Gasteiger partial charge in [-0.05, 0) is 49.3 Å². The molecule has 1 aromatic heterocycles. The molecule has 4 aromatic rings. The van der Waals surface area contributed by atoms with E-state index in [1.165, 1.54) is 11.1 Å². The fourth-order valence-corrected chi connectivity index (χ4v) is 5.06. The lowest BCUT2D eigenvalue weighted by molar-refractivity contribution is 0.259. The van der Waals surface area contributed by atoms with Crippen LogP contribution in [0.4, 0.5) is 0 Å². The molecule has 0 aliphatic heterocycles. The maximum atomic E-state index is 9.61. The van der Waals surface area contributed by atoms with Crippen LogP contribution in [0.25, 0.3) is 22.6 Å². The number of aliphatic hydroxyl groups is 1. The van der Waals surface area contributed by atoms with Crippen LogP contribution in [0.5, 0.6) is 5.75 Å². The number of nitrogens with one attached hydrogen (secondary N) is 1. The number of oxazole rings is 1. The quantitative estimate of drug-likeness (QED) is 0.294. The van der Waals surface area contributed by atoms with Gasteiger partial charge in [0.15, 0.2) is 5.76 Å². The topological polar surface area (TPSA) is 67.5 Å². The van der Waals surface area contributed by atoms with E-state index in [0.717, 1.165) is 54.0 Å². The zero-order valence-electron chi connectivity index (χ0n) is 20.1. The molecule has 0 amide bonds. The smallest absolute Gasteiger partial charge is 0.212 e. The predicted molar refractivity (Wildman–Crippen MR) is 138 cm³/mol. The molecule has 3 aromatic carbocycles. The summed E-state index contributed by atoms with van der Waals surface area (Å²) in [5.41, 5.74) is 5.42. The fraction of sp³-hybridized carbons (Fsp3) is 0.300. The molecule has 5 heteroatoms. The molecule has 35 heavy (non-hydrogen) atoms. The summed E-state index contributed by atoms with van der Waals surface area (Å²) in [7, 11) is 1.74. The highest BCUT2D eigenvalue weighted by Gasteiger charge is 2.29. The summed E-state index contributed by atoms with van der Waals surface area (Å²) in [6.07, 6.45) is 4.55. The van der Waals surface area contributed by atoms with Crippen molar-refractivity contribution in [2.24, 2.45) is 0 Å². The molecule has 5 rings (SSSR count). The third-order valence-electron chi connectivity index (χ3n) is 6.76. The van der Waals surface area contributed by atoms with E-state index in [2.05, 4.69) is 41.7 Å². The molecule has 1 aliphatic rings. The standard InChI is InChI=1S/C30H32N2O3/c1-34-27-19-9-15-23-24(27)16-8-17-25(23)31-26(18-10-20-33)30-32-28(21-11-4-2-5-12-21)29(35-30)22-13-6-3-7-14-22/h2-7,9,11-15,19,25-26,31,33H,8,10,16-18,20H2,1H3. The molecule has 0 fully saturated rings. The maximum Gasteiger partial charge on any atom is 0.212 e. The van der Waals surface area contributed by atoms with E-state index in [0.29, 0.717) is 12.3 Å². The summed E-state index contributed by atoms with van der Waals surface area (Å²) >= 11 is 0. The number of benzene rings is 3. The number of aliphatic hydroxyl groups excluding tert-OH is 1. The molecule has 2 unspecified atom stereocenters. The minimum absolute atomic E-state index is 0.121. The molecular weight excluding hydrogens is 436 g/mol. The van der Waals surface area contributed by atoms with E-state index in [9.17, 15) is 5.11 Å². The monoisotopic (exact) mass is 468 g/mol. The molecule has 0 spiro atoms.